The molecular weight excluding hydrogens is 259 g/mol. The smallest absolute Gasteiger partial charge is 0.0149 e. The van der Waals surface area contributed by atoms with Gasteiger partial charge in [0.15, 0.2) is 0 Å². The summed E-state index contributed by atoms with van der Waals surface area (Å²) >= 11 is 0. The van der Waals surface area contributed by atoms with E-state index in [-0.39, 0.29) is 13.1 Å². The minimum absolute atomic E-state index is 0.221. The molecule has 1 aliphatic heterocycles. The Bertz CT molecular complexity index is 647. The maximum Gasteiger partial charge on any atom is 0.0149 e. The van der Waals surface area contributed by atoms with Gasteiger partial charge in [-0.25, -0.2) is 0 Å². The molecule has 2 aromatic rings. The first kappa shape index (κ1) is 13.8. The minimum atomic E-state index is -0.258. The quantitative estimate of drug-likeness (QED) is 0.559. The summed E-state index contributed by atoms with van der Waals surface area (Å²) < 4.78 is 0. The van der Waals surface area contributed by atoms with Gasteiger partial charge in [0, 0.05) is 5.16 Å². The fourth-order valence-corrected chi connectivity index (χ4v) is 7.88. The van der Waals surface area contributed by atoms with E-state index in [0.717, 1.165) is 0 Å². The largest absolute Gasteiger partial charge is 0.0619 e. The third-order valence-electron chi connectivity index (χ3n) is 4.25. The molecule has 1 atom stereocenters. The molecule has 0 aliphatic carbocycles. The highest BCUT2D eigenvalue weighted by molar-refractivity contribution is 7.68. The van der Waals surface area contributed by atoms with E-state index in [1.165, 1.54) is 16.7 Å². The van der Waals surface area contributed by atoms with Crippen molar-refractivity contribution in [3.8, 4) is 11.1 Å². The third-order valence-corrected chi connectivity index (χ3v) is 7.82. The number of fused-ring (bicyclic) bond motifs is 3. The van der Waals surface area contributed by atoms with Gasteiger partial charge in [-0.15, -0.1) is 0 Å². The Kier molecular flexibility index (Phi) is 3.07. The Morgan fingerprint density at radius 1 is 0.800 bits per heavy atom. The molecule has 0 N–H and O–H groups in total. The van der Waals surface area contributed by atoms with E-state index in [4.69, 9.17) is 0 Å². The van der Waals surface area contributed by atoms with E-state index in [1.54, 1.807) is 5.30 Å². The highest BCUT2D eigenvalue weighted by Gasteiger charge is 2.44. The predicted octanol–water partition coefficient (Wildman–Crippen LogP) is 5.51. The Labute approximate surface area is 124 Å². The highest BCUT2D eigenvalue weighted by atomic mass is 31.1. The van der Waals surface area contributed by atoms with Crippen LogP contribution in [0.25, 0.3) is 11.1 Å². The van der Waals surface area contributed by atoms with Crippen LogP contribution >= 0.6 is 7.92 Å². The fraction of sp³-hybridized carbons (Fsp3) is 0.368. The van der Waals surface area contributed by atoms with E-state index in [2.05, 4.69) is 83.1 Å². The molecule has 0 spiro atoms. The molecule has 0 bridgehead atoms. The molecule has 20 heavy (non-hydrogen) atoms. The van der Waals surface area contributed by atoms with Crippen LogP contribution < -0.4 is 5.30 Å². The van der Waals surface area contributed by atoms with Gasteiger partial charge in [0.05, 0.1) is 0 Å². The van der Waals surface area contributed by atoms with Gasteiger partial charge in [0.1, 0.15) is 0 Å². The van der Waals surface area contributed by atoms with Crippen molar-refractivity contribution in [1.82, 2.24) is 0 Å². The Hall–Kier alpha value is -1.13. The number of benzene rings is 2. The molecule has 1 aliphatic rings. The van der Waals surface area contributed by atoms with Gasteiger partial charge in [-0.1, -0.05) is 91.1 Å². The van der Waals surface area contributed by atoms with Crippen molar-refractivity contribution in [2.24, 2.45) is 0 Å². The molecule has 1 unspecified atom stereocenters. The Balaban J connectivity index is 2.37. The molecule has 104 valence electrons. The zero-order valence-corrected chi connectivity index (χ0v) is 14.0. The van der Waals surface area contributed by atoms with E-state index < -0.39 is 0 Å². The SMILES string of the molecule is CC(C)(C)P1c2ccccc2-c2ccccc2C1(C)C. The summed E-state index contributed by atoms with van der Waals surface area (Å²) in [7, 11) is -0.258. The van der Waals surface area contributed by atoms with Crippen LogP contribution in [0.1, 0.15) is 40.2 Å². The molecule has 0 saturated carbocycles. The van der Waals surface area contributed by atoms with Crippen molar-refractivity contribution in [3.63, 3.8) is 0 Å². The van der Waals surface area contributed by atoms with Gasteiger partial charge in [-0.3, -0.25) is 0 Å². The number of hydrogen-bond acceptors (Lipinski definition) is 0. The van der Waals surface area contributed by atoms with Gasteiger partial charge in [0.2, 0.25) is 0 Å². The lowest BCUT2D eigenvalue weighted by Gasteiger charge is -2.48. The normalized spacial score (nSPS) is 20.1. The van der Waals surface area contributed by atoms with Crippen molar-refractivity contribution in [2.45, 2.75) is 44.9 Å². The van der Waals surface area contributed by atoms with Crippen molar-refractivity contribution in [3.05, 3.63) is 54.1 Å². The molecule has 3 rings (SSSR count). The highest BCUT2D eigenvalue weighted by Crippen LogP contribution is 2.67. The maximum atomic E-state index is 2.43. The monoisotopic (exact) mass is 282 g/mol. The molecule has 1 heteroatoms. The minimum Gasteiger partial charge on any atom is -0.0619 e. The number of rotatable bonds is 0. The van der Waals surface area contributed by atoms with Crippen LogP contribution in [0.4, 0.5) is 0 Å². The van der Waals surface area contributed by atoms with Gasteiger partial charge in [0.25, 0.3) is 0 Å². The molecule has 1 heterocycles. The molecule has 0 aromatic heterocycles. The molecule has 0 amide bonds. The van der Waals surface area contributed by atoms with Crippen molar-refractivity contribution < 1.29 is 0 Å². The Morgan fingerprint density at radius 3 is 2.00 bits per heavy atom. The molecule has 0 radical (unpaired) electrons. The first-order valence-corrected chi connectivity index (χ1v) is 8.67. The summed E-state index contributed by atoms with van der Waals surface area (Å²) in [5, 5.41) is 2.10. The van der Waals surface area contributed by atoms with Gasteiger partial charge in [-0.05, 0) is 27.2 Å². The summed E-state index contributed by atoms with van der Waals surface area (Å²) in [5.74, 6) is 0. The Morgan fingerprint density at radius 2 is 1.35 bits per heavy atom. The predicted molar refractivity (Wildman–Crippen MR) is 91.2 cm³/mol. The van der Waals surface area contributed by atoms with Crippen LogP contribution in [-0.2, 0) is 5.16 Å². The van der Waals surface area contributed by atoms with Crippen molar-refractivity contribution >= 4 is 13.2 Å². The topological polar surface area (TPSA) is 0 Å². The van der Waals surface area contributed by atoms with E-state index in [9.17, 15) is 0 Å². The van der Waals surface area contributed by atoms with E-state index >= 15 is 0 Å². The molecule has 0 nitrogen and oxygen atoms in total. The second-order valence-corrected chi connectivity index (χ2v) is 10.7. The van der Waals surface area contributed by atoms with Crippen LogP contribution in [0.5, 0.6) is 0 Å². The lowest BCUT2D eigenvalue weighted by Crippen LogP contribution is -2.35. The number of hydrogen-bond donors (Lipinski definition) is 0. The maximum absolute atomic E-state index is 2.43. The molecular formula is C19H23P. The second kappa shape index (κ2) is 4.43. The molecule has 2 aromatic carbocycles. The van der Waals surface area contributed by atoms with E-state index in [1.807, 2.05) is 0 Å². The van der Waals surface area contributed by atoms with Crippen LogP contribution in [0.3, 0.4) is 0 Å². The van der Waals surface area contributed by atoms with Crippen molar-refractivity contribution in [2.75, 3.05) is 0 Å². The zero-order valence-electron chi connectivity index (χ0n) is 13.1. The summed E-state index contributed by atoms with van der Waals surface area (Å²) in [6.45, 7) is 12.0. The third kappa shape index (κ3) is 1.93. The molecule has 0 saturated heterocycles. The van der Waals surface area contributed by atoms with Crippen molar-refractivity contribution in [1.29, 1.82) is 0 Å². The van der Waals surface area contributed by atoms with Gasteiger partial charge in [-0.2, -0.15) is 0 Å². The summed E-state index contributed by atoms with van der Waals surface area (Å²) in [6.07, 6.45) is 0. The van der Waals surface area contributed by atoms with Gasteiger partial charge >= 0.3 is 0 Å². The average Bonchev–Trinajstić information content (AvgIpc) is 2.37. The van der Waals surface area contributed by atoms with Gasteiger partial charge < -0.3 is 0 Å². The lowest BCUT2D eigenvalue weighted by molar-refractivity contribution is 0.700. The van der Waals surface area contributed by atoms with Crippen LogP contribution in [0.2, 0.25) is 0 Å². The zero-order chi connectivity index (χ0) is 14.5. The summed E-state index contributed by atoms with van der Waals surface area (Å²) in [4.78, 5) is 0. The van der Waals surface area contributed by atoms with Crippen LogP contribution in [0.15, 0.2) is 48.5 Å². The molecule has 0 fully saturated rings. The first-order chi connectivity index (χ1) is 9.33. The summed E-state index contributed by atoms with van der Waals surface area (Å²) in [6, 6.07) is 18.0. The lowest BCUT2D eigenvalue weighted by atomic mass is 9.91. The van der Waals surface area contributed by atoms with Crippen LogP contribution in [-0.4, -0.2) is 5.16 Å². The van der Waals surface area contributed by atoms with E-state index in [0.29, 0.717) is 5.16 Å². The standard InChI is InChI=1S/C19H23P/c1-18(2,3)20-17-13-9-7-11-15(17)14-10-6-8-12-16(14)19(20,4)5/h6-13H,1-5H3. The second-order valence-electron chi connectivity index (χ2n) is 7.13. The fourth-order valence-electron chi connectivity index (χ4n) is 3.77. The van der Waals surface area contributed by atoms with Crippen LogP contribution in [0, 0.1) is 0 Å². The first-order valence-electron chi connectivity index (χ1n) is 7.33. The summed E-state index contributed by atoms with van der Waals surface area (Å²) in [5.41, 5.74) is 4.39. The average molecular weight is 282 g/mol.